The number of ether oxygens (including phenoxy) is 1. The molecule has 1 aliphatic heterocycles. The van der Waals surface area contributed by atoms with Gasteiger partial charge in [-0.15, -0.1) is 0 Å². The second kappa shape index (κ2) is 7.25. The van der Waals surface area contributed by atoms with Gasteiger partial charge in [0.15, 0.2) is 5.78 Å². The Kier molecular flexibility index (Phi) is 5.59. The molecule has 0 atom stereocenters. The quantitative estimate of drug-likeness (QED) is 0.757. The molecule has 1 saturated heterocycles. The topological polar surface area (TPSA) is 32.8 Å². The van der Waals surface area contributed by atoms with Crippen molar-refractivity contribution in [1.29, 1.82) is 0 Å². The van der Waals surface area contributed by atoms with Gasteiger partial charge in [0, 0.05) is 37.4 Å². The first-order valence-electron chi connectivity index (χ1n) is 8.23. The van der Waals surface area contributed by atoms with Crippen molar-refractivity contribution in [2.45, 2.75) is 33.2 Å². The number of carbonyl (C=O) groups excluding carboxylic acids is 1. The van der Waals surface area contributed by atoms with Gasteiger partial charge in [0.2, 0.25) is 0 Å². The number of anilines is 1. The van der Waals surface area contributed by atoms with Gasteiger partial charge in [-0.2, -0.15) is 0 Å². The molecule has 4 nitrogen and oxygen atoms in total. The van der Waals surface area contributed by atoms with Crippen LogP contribution in [0.4, 0.5) is 5.69 Å². The summed E-state index contributed by atoms with van der Waals surface area (Å²) in [5.41, 5.74) is 1.47. The fourth-order valence-electron chi connectivity index (χ4n) is 3.03. The van der Waals surface area contributed by atoms with Crippen LogP contribution in [0.2, 0.25) is 0 Å². The molecular formula is C18H28N2O2. The zero-order valence-electron chi connectivity index (χ0n) is 14.3. The number of morpholine rings is 1. The highest BCUT2D eigenvalue weighted by molar-refractivity contribution is 6.02. The molecule has 0 N–H and O–H groups in total. The number of hydrogen-bond acceptors (Lipinski definition) is 4. The van der Waals surface area contributed by atoms with E-state index in [4.69, 9.17) is 4.74 Å². The Bertz CT molecular complexity index is 486. The fourth-order valence-corrected chi connectivity index (χ4v) is 3.03. The smallest absolute Gasteiger partial charge is 0.182 e. The Hall–Kier alpha value is -1.39. The monoisotopic (exact) mass is 304 g/mol. The van der Waals surface area contributed by atoms with Crippen LogP contribution in [0.3, 0.4) is 0 Å². The summed E-state index contributed by atoms with van der Waals surface area (Å²) in [7, 11) is 0. The Morgan fingerprint density at radius 3 is 2.18 bits per heavy atom. The molecule has 1 fully saturated rings. The maximum Gasteiger partial charge on any atom is 0.182 e. The van der Waals surface area contributed by atoms with Crippen LogP contribution in [-0.4, -0.2) is 55.6 Å². The predicted octanol–water partition coefficient (Wildman–Crippen LogP) is 2.83. The zero-order chi connectivity index (χ0) is 16.2. The molecule has 1 aromatic rings. The highest BCUT2D eigenvalue weighted by Crippen LogP contribution is 2.23. The SMILES string of the molecule is CCN(CC)c1ccc(C(=O)C(C)(C)N2CCOCC2)cc1. The van der Waals surface area contributed by atoms with Crippen LogP contribution in [0.1, 0.15) is 38.1 Å². The van der Waals surface area contributed by atoms with Crippen molar-refractivity contribution in [3.8, 4) is 0 Å². The summed E-state index contributed by atoms with van der Waals surface area (Å²) in [5, 5.41) is 0. The summed E-state index contributed by atoms with van der Waals surface area (Å²) >= 11 is 0. The van der Waals surface area contributed by atoms with Gasteiger partial charge in [0.1, 0.15) is 0 Å². The Labute approximate surface area is 134 Å². The summed E-state index contributed by atoms with van der Waals surface area (Å²) in [6.07, 6.45) is 0. The molecule has 1 heterocycles. The molecule has 1 aromatic carbocycles. The van der Waals surface area contributed by atoms with Crippen LogP contribution in [0.25, 0.3) is 0 Å². The number of hydrogen-bond donors (Lipinski definition) is 0. The molecule has 1 aliphatic rings. The number of nitrogens with zero attached hydrogens (tertiary/aromatic N) is 2. The maximum atomic E-state index is 12.9. The Morgan fingerprint density at radius 1 is 1.14 bits per heavy atom. The van der Waals surface area contributed by atoms with E-state index in [1.807, 2.05) is 26.0 Å². The highest BCUT2D eigenvalue weighted by atomic mass is 16.5. The second-order valence-corrected chi connectivity index (χ2v) is 6.21. The molecule has 0 radical (unpaired) electrons. The van der Waals surface area contributed by atoms with Gasteiger partial charge >= 0.3 is 0 Å². The van der Waals surface area contributed by atoms with Crippen molar-refractivity contribution in [2.24, 2.45) is 0 Å². The van der Waals surface area contributed by atoms with E-state index in [1.54, 1.807) is 0 Å². The fraction of sp³-hybridized carbons (Fsp3) is 0.611. The van der Waals surface area contributed by atoms with E-state index >= 15 is 0 Å². The normalized spacial score (nSPS) is 16.5. The summed E-state index contributed by atoms with van der Waals surface area (Å²) in [5.74, 6) is 0.181. The molecule has 0 bridgehead atoms. The third kappa shape index (κ3) is 3.50. The van der Waals surface area contributed by atoms with Crippen molar-refractivity contribution in [3.05, 3.63) is 29.8 Å². The number of carbonyl (C=O) groups is 1. The van der Waals surface area contributed by atoms with E-state index < -0.39 is 5.54 Å². The van der Waals surface area contributed by atoms with Gasteiger partial charge in [-0.3, -0.25) is 9.69 Å². The van der Waals surface area contributed by atoms with Gasteiger partial charge in [-0.05, 0) is 52.0 Å². The number of rotatable bonds is 6. The second-order valence-electron chi connectivity index (χ2n) is 6.21. The molecule has 0 amide bonds. The average molecular weight is 304 g/mol. The third-order valence-corrected chi connectivity index (χ3v) is 4.62. The zero-order valence-corrected chi connectivity index (χ0v) is 14.3. The van der Waals surface area contributed by atoms with Crippen LogP contribution >= 0.6 is 0 Å². The molecular weight excluding hydrogens is 276 g/mol. The van der Waals surface area contributed by atoms with Crippen molar-refractivity contribution in [3.63, 3.8) is 0 Å². The highest BCUT2D eigenvalue weighted by Gasteiger charge is 2.35. The van der Waals surface area contributed by atoms with Gasteiger partial charge < -0.3 is 9.64 Å². The van der Waals surface area contributed by atoms with Crippen LogP contribution in [-0.2, 0) is 4.74 Å². The lowest BCUT2D eigenvalue weighted by atomic mass is 9.90. The van der Waals surface area contributed by atoms with E-state index in [0.717, 1.165) is 31.7 Å². The molecule has 0 aliphatic carbocycles. The van der Waals surface area contributed by atoms with Crippen LogP contribution in [0.15, 0.2) is 24.3 Å². The summed E-state index contributed by atoms with van der Waals surface area (Å²) < 4.78 is 5.39. The minimum atomic E-state index is -0.486. The van der Waals surface area contributed by atoms with E-state index in [-0.39, 0.29) is 5.78 Å². The van der Waals surface area contributed by atoms with Crippen molar-refractivity contribution < 1.29 is 9.53 Å². The largest absolute Gasteiger partial charge is 0.379 e. The molecule has 22 heavy (non-hydrogen) atoms. The first kappa shape index (κ1) is 17.0. The van der Waals surface area contributed by atoms with Gasteiger partial charge in [0.05, 0.1) is 18.8 Å². The van der Waals surface area contributed by atoms with Crippen LogP contribution in [0, 0.1) is 0 Å². The van der Waals surface area contributed by atoms with E-state index in [1.165, 1.54) is 5.69 Å². The molecule has 0 aromatic heterocycles. The van der Waals surface area contributed by atoms with Crippen molar-refractivity contribution in [1.82, 2.24) is 4.90 Å². The lowest BCUT2D eigenvalue weighted by Gasteiger charge is -2.39. The van der Waals surface area contributed by atoms with E-state index in [0.29, 0.717) is 13.2 Å². The lowest BCUT2D eigenvalue weighted by Crippen LogP contribution is -2.54. The molecule has 2 rings (SSSR count). The molecule has 122 valence electrons. The van der Waals surface area contributed by atoms with Gasteiger partial charge in [-0.25, -0.2) is 0 Å². The van der Waals surface area contributed by atoms with E-state index in [2.05, 4.69) is 35.8 Å². The Morgan fingerprint density at radius 2 is 1.68 bits per heavy atom. The number of Topliss-reactive ketones (excluding diaryl/α,β-unsaturated/α-hetero) is 1. The van der Waals surface area contributed by atoms with Gasteiger partial charge in [0.25, 0.3) is 0 Å². The lowest BCUT2D eigenvalue weighted by molar-refractivity contribution is -0.00429. The van der Waals surface area contributed by atoms with Gasteiger partial charge in [-0.1, -0.05) is 0 Å². The third-order valence-electron chi connectivity index (χ3n) is 4.62. The summed E-state index contributed by atoms with van der Waals surface area (Å²) in [6.45, 7) is 13.3. The standard InChI is InChI=1S/C18H28N2O2/c1-5-19(6-2)16-9-7-15(8-10-16)17(21)18(3,4)20-11-13-22-14-12-20/h7-10H,5-6,11-14H2,1-4H3. The van der Waals surface area contributed by atoms with Crippen LogP contribution < -0.4 is 4.90 Å². The molecule has 0 spiro atoms. The van der Waals surface area contributed by atoms with E-state index in [9.17, 15) is 4.79 Å². The molecule has 0 unspecified atom stereocenters. The van der Waals surface area contributed by atoms with Crippen LogP contribution in [0.5, 0.6) is 0 Å². The molecule has 4 heteroatoms. The minimum Gasteiger partial charge on any atom is -0.379 e. The Balaban J connectivity index is 2.14. The first-order valence-corrected chi connectivity index (χ1v) is 8.23. The summed E-state index contributed by atoms with van der Waals surface area (Å²) in [6, 6.07) is 8.02. The maximum absolute atomic E-state index is 12.9. The number of benzene rings is 1. The number of ketones is 1. The molecule has 0 saturated carbocycles. The predicted molar refractivity (Wildman–Crippen MR) is 90.8 cm³/mol. The van der Waals surface area contributed by atoms with Crippen molar-refractivity contribution in [2.75, 3.05) is 44.3 Å². The van der Waals surface area contributed by atoms with Crippen molar-refractivity contribution >= 4 is 11.5 Å². The summed E-state index contributed by atoms with van der Waals surface area (Å²) in [4.78, 5) is 17.4. The minimum absolute atomic E-state index is 0.181. The average Bonchev–Trinajstić information content (AvgIpc) is 2.57. The first-order chi connectivity index (χ1) is 10.5.